The molecule has 100 valence electrons. The predicted molar refractivity (Wildman–Crippen MR) is 75.5 cm³/mol. The first-order valence-electron chi connectivity index (χ1n) is 5.51. The number of nitrogens with one attached hydrogen (secondary N) is 1. The molecule has 1 aromatic heterocycles. The number of hydrogen-bond donors (Lipinski definition) is 1. The molecule has 20 heavy (non-hydrogen) atoms. The second kappa shape index (κ2) is 6.12. The fourth-order valence-corrected chi connectivity index (χ4v) is 1.85. The number of aromatic nitrogens is 2. The van der Waals surface area contributed by atoms with Crippen LogP contribution in [0.4, 0.5) is 11.5 Å². The first kappa shape index (κ1) is 14.0. The van der Waals surface area contributed by atoms with Crippen LogP contribution in [0.15, 0.2) is 35.1 Å². The Morgan fingerprint density at radius 1 is 1.45 bits per heavy atom. The van der Waals surface area contributed by atoms with Crippen LogP contribution in [0.2, 0.25) is 0 Å². The van der Waals surface area contributed by atoms with Crippen molar-refractivity contribution in [1.82, 2.24) is 9.97 Å². The molecule has 2 rings (SSSR count). The molecule has 1 aromatic carbocycles. The van der Waals surface area contributed by atoms with Crippen molar-refractivity contribution >= 4 is 33.4 Å². The van der Waals surface area contributed by atoms with Gasteiger partial charge >= 0.3 is 5.97 Å². The Morgan fingerprint density at radius 3 is 2.95 bits per heavy atom. The lowest BCUT2D eigenvalue weighted by molar-refractivity contribution is 0.0593. The van der Waals surface area contributed by atoms with Gasteiger partial charge in [0.2, 0.25) is 0 Å². The number of ether oxygens (including phenoxy) is 1. The van der Waals surface area contributed by atoms with E-state index in [2.05, 4.69) is 42.0 Å². The van der Waals surface area contributed by atoms with E-state index in [1.807, 2.05) is 0 Å². The highest BCUT2D eigenvalue weighted by atomic mass is 79.9. The number of nitrogens with zero attached hydrogens (tertiary/aromatic N) is 3. The Morgan fingerprint density at radius 2 is 2.25 bits per heavy atom. The number of anilines is 2. The smallest absolute Gasteiger partial charge is 0.358 e. The molecule has 0 amide bonds. The van der Waals surface area contributed by atoms with Crippen LogP contribution in [0.25, 0.3) is 0 Å². The summed E-state index contributed by atoms with van der Waals surface area (Å²) in [5, 5.41) is 12.0. The van der Waals surface area contributed by atoms with Gasteiger partial charge in [0.25, 0.3) is 0 Å². The summed E-state index contributed by atoms with van der Waals surface area (Å²) in [5.41, 5.74) is 1.12. The number of benzene rings is 1. The van der Waals surface area contributed by atoms with E-state index in [0.29, 0.717) is 17.1 Å². The molecular weight excluding hydrogens is 324 g/mol. The molecule has 0 atom stereocenters. The molecule has 0 aliphatic carbocycles. The van der Waals surface area contributed by atoms with Crippen LogP contribution in [0.5, 0.6) is 0 Å². The maximum Gasteiger partial charge on any atom is 0.358 e. The Bertz CT molecular complexity index is 697. The first-order valence-corrected chi connectivity index (χ1v) is 6.30. The van der Waals surface area contributed by atoms with Crippen molar-refractivity contribution in [2.75, 3.05) is 12.4 Å². The third-order valence-corrected chi connectivity index (χ3v) is 2.89. The van der Waals surface area contributed by atoms with E-state index in [1.54, 1.807) is 18.2 Å². The number of halogens is 1. The maximum atomic E-state index is 11.4. The largest absolute Gasteiger partial charge is 0.464 e. The summed E-state index contributed by atoms with van der Waals surface area (Å²) >= 11 is 3.29. The molecule has 1 heterocycles. The van der Waals surface area contributed by atoms with Crippen LogP contribution in [-0.2, 0) is 4.74 Å². The summed E-state index contributed by atoms with van der Waals surface area (Å²) in [6, 6.07) is 7.28. The SMILES string of the molecule is COC(=O)c1cncc(Nc2ccc(Br)cc2C#N)n1. The third kappa shape index (κ3) is 3.10. The van der Waals surface area contributed by atoms with Crippen molar-refractivity contribution in [3.63, 3.8) is 0 Å². The van der Waals surface area contributed by atoms with Crippen LogP contribution in [-0.4, -0.2) is 23.0 Å². The Labute approximate surface area is 123 Å². The summed E-state index contributed by atoms with van der Waals surface area (Å²) in [7, 11) is 1.27. The molecule has 1 N–H and O–H groups in total. The molecule has 0 aliphatic heterocycles. The summed E-state index contributed by atoms with van der Waals surface area (Å²) < 4.78 is 5.37. The lowest BCUT2D eigenvalue weighted by Crippen LogP contribution is -2.07. The zero-order chi connectivity index (χ0) is 14.5. The first-order chi connectivity index (χ1) is 9.63. The lowest BCUT2D eigenvalue weighted by Gasteiger charge is -2.08. The number of hydrogen-bond acceptors (Lipinski definition) is 6. The van der Waals surface area contributed by atoms with Gasteiger partial charge in [-0.05, 0) is 18.2 Å². The molecule has 0 radical (unpaired) electrons. The van der Waals surface area contributed by atoms with Crippen molar-refractivity contribution in [2.24, 2.45) is 0 Å². The fourth-order valence-electron chi connectivity index (χ4n) is 1.49. The second-order valence-electron chi connectivity index (χ2n) is 3.71. The molecule has 0 unspecified atom stereocenters. The summed E-state index contributed by atoms with van der Waals surface area (Å²) in [5.74, 6) is -0.218. The van der Waals surface area contributed by atoms with Gasteiger partial charge in [0.15, 0.2) is 5.69 Å². The van der Waals surface area contributed by atoms with Gasteiger partial charge in [0.05, 0.1) is 30.8 Å². The van der Waals surface area contributed by atoms with E-state index >= 15 is 0 Å². The van der Waals surface area contributed by atoms with Crippen molar-refractivity contribution in [1.29, 1.82) is 5.26 Å². The Kier molecular flexibility index (Phi) is 4.27. The van der Waals surface area contributed by atoms with E-state index < -0.39 is 5.97 Å². The average Bonchev–Trinajstić information content (AvgIpc) is 2.48. The van der Waals surface area contributed by atoms with Crippen molar-refractivity contribution in [3.8, 4) is 6.07 Å². The monoisotopic (exact) mass is 332 g/mol. The van der Waals surface area contributed by atoms with Crippen LogP contribution in [0.3, 0.4) is 0 Å². The number of esters is 1. The van der Waals surface area contributed by atoms with Gasteiger partial charge < -0.3 is 10.1 Å². The molecular formula is C13H9BrN4O2. The number of carbonyl (C=O) groups excluding carboxylic acids is 1. The molecule has 0 aliphatic rings. The Balaban J connectivity index is 2.31. The quantitative estimate of drug-likeness (QED) is 0.869. The molecule has 0 saturated carbocycles. The average molecular weight is 333 g/mol. The molecule has 2 aromatic rings. The van der Waals surface area contributed by atoms with Gasteiger partial charge in [-0.2, -0.15) is 5.26 Å². The minimum Gasteiger partial charge on any atom is -0.464 e. The van der Waals surface area contributed by atoms with Gasteiger partial charge in [0.1, 0.15) is 11.9 Å². The van der Waals surface area contributed by atoms with Crippen LogP contribution in [0.1, 0.15) is 16.1 Å². The van der Waals surface area contributed by atoms with E-state index in [4.69, 9.17) is 5.26 Å². The van der Waals surface area contributed by atoms with Gasteiger partial charge in [-0.1, -0.05) is 15.9 Å². The number of carbonyl (C=O) groups is 1. The third-order valence-electron chi connectivity index (χ3n) is 2.39. The highest BCUT2D eigenvalue weighted by molar-refractivity contribution is 9.10. The van der Waals surface area contributed by atoms with Gasteiger partial charge in [-0.15, -0.1) is 0 Å². The van der Waals surface area contributed by atoms with Crippen molar-refractivity contribution < 1.29 is 9.53 Å². The molecule has 0 saturated heterocycles. The van der Waals surface area contributed by atoms with Gasteiger partial charge in [-0.3, -0.25) is 4.98 Å². The van der Waals surface area contributed by atoms with E-state index in [9.17, 15) is 4.79 Å². The predicted octanol–water partition coefficient (Wildman–Crippen LogP) is 2.64. The second-order valence-corrected chi connectivity index (χ2v) is 4.62. The normalized spacial score (nSPS) is 9.65. The molecule has 6 nitrogen and oxygen atoms in total. The number of rotatable bonds is 3. The summed E-state index contributed by atoms with van der Waals surface area (Å²) in [6.45, 7) is 0. The minimum absolute atomic E-state index is 0.0909. The maximum absolute atomic E-state index is 11.4. The van der Waals surface area contributed by atoms with Crippen LogP contribution in [0, 0.1) is 11.3 Å². The van der Waals surface area contributed by atoms with E-state index in [-0.39, 0.29) is 5.69 Å². The molecule has 0 bridgehead atoms. The van der Waals surface area contributed by atoms with Gasteiger partial charge in [0, 0.05) is 4.47 Å². The molecule has 0 fully saturated rings. The standard InChI is InChI=1S/C13H9BrN4O2/c1-20-13(19)11-6-16-7-12(18-11)17-10-3-2-9(14)4-8(10)5-15/h2-4,6-7H,1H3,(H,17,18). The fraction of sp³-hybridized carbons (Fsp3) is 0.0769. The van der Waals surface area contributed by atoms with Crippen molar-refractivity contribution in [2.45, 2.75) is 0 Å². The van der Waals surface area contributed by atoms with Gasteiger partial charge in [-0.25, -0.2) is 9.78 Å². The van der Waals surface area contributed by atoms with Crippen LogP contribution < -0.4 is 5.32 Å². The number of nitriles is 1. The van der Waals surface area contributed by atoms with E-state index in [0.717, 1.165) is 4.47 Å². The molecule has 0 spiro atoms. The van der Waals surface area contributed by atoms with Crippen LogP contribution >= 0.6 is 15.9 Å². The summed E-state index contributed by atoms with van der Waals surface area (Å²) in [4.78, 5) is 19.3. The zero-order valence-electron chi connectivity index (χ0n) is 10.4. The number of methoxy groups -OCH3 is 1. The Hall–Kier alpha value is -2.46. The van der Waals surface area contributed by atoms with E-state index in [1.165, 1.54) is 19.5 Å². The molecule has 7 heteroatoms. The summed E-state index contributed by atoms with van der Waals surface area (Å²) in [6.07, 6.45) is 2.76. The van der Waals surface area contributed by atoms with Crippen molar-refractivity contribution in [3.05, 3.63) is 46.3 Å². The zero-order valence-corrected chi connectivity index (χ0v) is 12.0. The topological polar surface area (TPSA) is 87.9 Å². The highest BCUT2D eigenvalue weighted by Crippen LogP contribution is 2.22. The lowest BCUT2D eigenvalue weighted by atomic mass is 10.2. The highest BCUT2D eigenvalue weighted by Gasteiger charge is 2.10. The minimum atomic E-state index is -0.572.